The molecule has 0 radical (unpaired) electrons. The molecule has 0 saturated heterocycles. The Bertz CT molecular complexity index is 926. The molecule has 0 aliphatic rings. The number of rotatable bonds is 39. The van der Waals surface area contributed by atoms with Crippen LogP contribution in [0.4, 0.5) is 0 Å². The zero-order valence-corrected chi connectivity index (χ0v) is 34.9. The van der Waals surface area contributed by atoms with Crippen molar-refractivity contribution >= 4 is 11.9 Å². The Kier molecular flexibility index (Phi) is 39.3. The summed E-state index contributed by atoms with van der Waals surface area (Å²) < 4.78 is 5.87. The van der Waals surface area contributed by atoms with Crippen molar-refractivity contribution in [2.24, 2.45) is 0 Å². The molecule has 0 aliphatic carbocycles. The molecule has 0 heterocycles. The summed E-state index contributed by atoms with van der Waals surface area (Å²) in [5.41, 5.74) is 0. The summed E-state index contributed by atoms with van der Waals surface area (Å²) in [6, 6.07) is -0.713. The highest BCUT2D eigenvalue weighted by Crippen LogP contribution is 2.16. The van der Waals surface area contributed by atoms with Crippen LogP contribution in [0.2, 0.25) is 0 Å². The normalized spacial score (nSPS) is 13.8. The van der Waals surface area contributed by atoms with Crippen LogP contribution in [0.3, 0.4) is 0 Å². The number of hydrogen-bond donors (Lipinski definition) is 3. The molecule has 53 heavy (non-hydrogen) atoms. The van der Waals surface area contributed by atoms with Crippen LogP contribution in [-0.4, -0.2) is 46.9 Å². The molecule has 308 valence electrons. The lowest BCUT2D eigenvalue weighted by Crippen LogP contribution is -2.46. The molecule has 1 amide bonds. The van der Waals surface area contributed by atoms with Crippen molar-refractivity contribution in [1.29, 1.82) is 0 Å². The van der Waals surface area contributed by atoms with Gasteiger partial charge in [0.15, 0.2) is 0 Å². The van der Waals surface area contributed by atoms with E-state index < -0.39 is 18.2 Å². The number of hydrogen-bond acceptors (Lipinski definition) is 5. The molecule has 0 aromatic heterocycles. The van der Waals surface area contributed by atoms with Gasteiger partial charge in [-0.3, -0.25) is 9.59 Å². The fraction of sp³-hybridized carbons (Fsp3) is 0.787. The molecule has 3 atom stereocenters. The third-order valence-electron chi connectivity index (χ3n) is 9.89. The minimum atomic E-state index is -0.797. The standard InChI is InChI=1S/C47H85NO5/c1-4-7-10-13-16-19-21-23-25-28-31-34-37-40-47(52)53-43(38-35-32-29-27-24-22-20-17-14-11-8-5-2)41-46(51)48-44(42-49)45(50)39-36-33-30-26-18-15-12-9-6-3/h8,11,17,20,23-25,27,43-45,49-50H,4-7,9-10,12-16,18-19,21-22,26,28-42H2,1-3H3,(H,48,51)/b11-8+,20-17+,25-23-,27-24+. The van der Waals surface area contributed by atoms with Crippen molar-refractivity contribution in [2.75, 3.05) is 6.61 Å². The highest BCUT2D eigenvalue weighted by Gasteiger charge is 2.24. The molecule has 0 rings (SSSR count). The van der Waals surface area contributed by atoms with Crippen molar-refractivity contribution in [3.63, 3.8) is 0 Å². The maximum Gasteiger partial charge on any atom is 0.306 e. The fourth-order valence-corrected chi connectivity index (χ4v) is 6.50. The average molecular weight is 744 g/mol. The Morgan fingerprint density at radius 1 is 0.566 bits per heavy atom. The molecule has 0 saturated carbocycles. The van der Waals surface area contributed by atoms with Gasteiger partial charge in [0.1, 0.15) is 6.10 Å². The number of esters is 1. The van der Waals surface area contributed by atoms with E-state index in [0.717, 1.165) is 89.9 Å². The number of aliphatic hydroxyl groups excluding tert-OH is 2. The molecule has 6 nitrogen and oxygen atoms in total. The smallest absolute Gasteiger partial charge is 0.306 e. The first-order chi connectivity index (χ1) is 26.0. The molecule has 0 aliphatic heterocycles. The number of nitrogens with one attached hydrogen (secondary N) is 1. The molecule has 0 aromatic carbocycles. The lowest BCUT2D eigenvalue weighted by molar-refractivity contribution is -0.151. The van der Waals surface area contributed by atoms with Gasteiger partial charge in [0.05, 0.1) is 25.2 Å². The molecule has 3 unspecified atom stereocenters. The fourth-order valence-electron chi connectivity index (χ4n) is 6.50. The summed E-state index contributed by atoms with van der Waals surface area (Å²) in [6.45, 7) is 6.31. The summed E-state index contributed by atoms with van der Waals surface area (Å²) in [7, 11) is 0. The highest BCUT2D eigenvalue weighted by atomic mass is 16.5. The van der Waals surface area contributed by atoms with Crippen LogP contribution in [0, 0.1) is 0 Å². The van der Waals surface area contributed by atoms with E-state index in [9.17, 15) is 19.8 Å². The Labute approximate surface area is 327 Å². The Hall–Kier alpha value is -2.18. The average Bonchev–Trinajstić information content (AvgIpc) is 3.15. The van der Waals surface area contributed by atoms with E-state index in [-0.39, 0.29) is 24.9 Å². The lowest BCUT2D eigenvalue weighted by Gasteiger charge is -2.24. The maximum atomic E-state index is 13.1. The number of allylic oxidation sites excluding steroid dienone is 8. The van der Waals surface area contributed by atoms with Gasteiger partial charge in [-0.15, -0.1) is 0 Å². The van der Waals surface area contributed by atoms with Crippen LogP contribution < -0.4 is 5.32 Å². The van der Waals surface area contributed by atoms with Crippen molar-refractivity contribution in [3.8, 4) is 0 Å². The molecule has 0 spiro atoms. The number of aliphatic hydroxyl groups is 2. The minimum Gasteiger partial charge on any atom is -0.462 e. The van der Waals surface area contributed by atoms with E-state index in [1.807, 2.05) is 0 Å². The molecule has 6 heteroatoms. The quantitative estimate of drug-likeness (QED) is 0.0331. The van der Waals surface area contributed by atoms with E-state index in [2.05, 4.69) is 74.7 Å². The molecular formula is C47H85NO5. The summed E-state index contributed by atoms with van der Waals surface area (Å²) in [6.07, 6.45) is 47.5. The summed E-state index contributed by atoms with van der Waals surface area (Å²) >= 11 is 0. The van der Waals surface area contributed by atoms with Gasteiger partial charge in [0, 0.05) is 6.42 Å². The van der Waals surface area contributed by atoms with E-state index in [4.69, 9.17) is 4.74 Å². The second-order valence-electron chi connectivity index (χ2n) is 15.1. The number of carbonyl (C=O) groups is 2. The second kappa shape index (κ2) is 41.0. The number of carbonyl (C=O) groups excluding carboxylic acids is 2. The van der Waals surface area contributed by atoms with Crippen LogP contribution in [-0.2, 0) is 14.3 Å². The van der Waals surface area contributed by atoms with Gasteiger partial charge in [0.2, 0.25) is 5.91 Å². The topological polar surface area (TPSA) is 95.9 Å². The lowest BCUT2D eigenvalue weighted by atomic mass is 10.0. The van der Waals surface area contributed by atoms with Crippen LogP contribution in [0.15, 0.2) is 48.6 Å². The number of unbranched alkanes of at least 4 members (excludes halogenated alkanes) is 19. The zero-order chi connectivity index (χ0) is 38.9. The SMILES string of the molecule is CC/C=C/C/C=C/C/C=C/CCCCC(CC(=O)NC(CO)C(O)CCCCCCCCCCC)OC(=O)CCCCC/C=C\CCCCCCCC. The number of ether oxygens (including phenoxy) is 1. The first kappa shape index (κ1) is 50.8. The van der Waals surface area contributed by atoms with Crippen molar-refractivity contribution in [3.05, 3.63) is 48.6 Å². The predicted molar refractivity (Wildman–Crippen MR) is 227 cm³/mol. The minimum absolute atomic E-state index is 0.0451. The largest absolute Gasteiger partial charge is 0.462 e. The Balaban J connectivity index is 4.69. The monoisotopic (exact) mass is 744 g/mol. The third kappa shape index (κ3) is 36.6. The van der Waals surface area contributed by atoms with Gasteiger partial charge in [-0.2, -0.15) is 0 Å². The van der Waals surface area contributed by atoms with Gasteiger partial charge >= 0.3 is 5.97 Å². The van der Waals surface area contributed by atoms with Crippen LogP contribution in [0.5, 0.6) is 0 Å². The first-order valence-electron chi connectivity index (χ1n) is 22.4. The number of amides is 1. The van der Waals surface area contributed by atoms with E-state index >= 15 is 0 Å². The van der Waals surface area contributed by atoms with Crippen molar-refractivity contribution in [2.45, 2.75) is 232 Å². The molecule has 0 fully saturated rings. The van der Waals surface area contributed by atoms with Gasteiger partial charge in [0.25, 0.3) is 0 Å². The zero-order valence-electron chi connectivity index (χ0n) is 34.9. The molecule has 0 aromatic rings. The van der Waals surface area contributed by atoms with Gasteiger partial charge in [-0.25, -0.2) is 0 Å². The van der Waals surface area contributed by atoms with Gasteiger partial charge in [-0.1, -0.05) is 166 Å². The Morgan fingerprint density at radius 3 is 1.58 bits per heavy atom. The van der Waals surface area contributed by atoms with E-state index in [1.54, 1.807) is 0 Å². The molecular weight excluding hydrogens is 659 g/mol. The highest BCUT2D eigenvalue weighted by molar-refractivity contribution is 5.77. The summed E-state index contributed by atoms with van der Waals surface area (Å²) in [5, 5.41) is 23.5. The summed E-state index contributed by atoms with van der Waals surface area (Å²) in [4.78, 5) is 25.9. The second-order valence-corrected chi connectivity index (χ2v) is 15.1. The van der Waals surface area contributed by atoms with Gasteiger partial charge in [-0.05, 0) is 83.5 Å². The maximum absolute atomic E-state index is 13.1. The summed E-state index contributed by atoms with van der Waals surface area (Å²) in [5.74, 6) is -0.535. The van der Waals surface area contributed by atoms with Crippen LogP contribution >= 0.6 is 0 Å². The van der Waals surface area contributed by atoms with E-state index in [1.165, 1.54) is 77.0 Å². The van der Waals surface area contributed by atoms with E-state index in [0.29, 0.717) is 19.3 Å². The Morgan fingerprint density at radius 2 is 1.02 bits per heavy atom. The predicted octanol–water partition coefficient (Wildman–Crippen LogP) is 12.7. The van der Waals surface area contributed by atoms with Gasteiger partial charge < -0.3 is 20.3 Å². The molecule has 3 N–H and O–H groups in total. The first-order valence-corrected chi connectivity index (χ1v) is 22.4. The van der Waals surface area contributed by atoms with Crippen LogP contribution in [0.1, 0.15) is 213 Å². The molecule has 0 bridgehead atoms. The van der Waals surface area contributed by atoms with Crippen molar-refractivity contribution < 1.29 is 24.5 Å². The van der Waals surface area contributed by atoms with Crippen molar-refractivity contribution in [1.82, 2.24) is 5.32 Å². The third-order valence-corrected chi connectivity index (χ3v) is 9.89. The van der Waals surface area contributed by atoms with Crippen LogP contribution in [0.25, 0.3) is 0 Å².